The monoisotopic (exact) mass is 509 g/mol. The second kappa shape index (κ2) is 8.52. The van der Waals surface area contributed by atoms with Gasteiger partial charge in [0.15, 0.2) is 9.92 Å². The van der Waals surface area contributed by atoms with Gasteiger partial charge in [-0.1, -0.05) is 13.8 Å². The number of aryl methyl sites for hydroxylation is 1. The molecule has 3 N–H and O–H groups in total. The van der Waals surface area contributed by atoms with Gasteiger partial charge in [-0.05, 0) is 36.8 Å². The van der Waals surface area contributed by atoms with Gasteiger partial charge in [0.1, 0.15) is 16.4 Å². The molecule has 4 rings (SSSR count). The molecule has 35 heavy (non-hydrogen) atoms. The summed E-state index contributed by atoms with van der Waals surface area (Å²) in [6.45, 7) is 6.34. The summed E-state index contributed by atoms with van der Waals surface area (Å²) in [4.78, 5) is 20.1. The number of ether oxygens (including phenoxy) is 1. The third kappa shape index (κ3) is 5.21. The lowest BCUT2D eigenvalue weighted by molar-refractivity contribution is -0.141. The number of urea groups is 1. The van der Waals surface area contributed by atoms with Crippen LogP contribution in [-0.2, 0) is 22.6 Å². The SMILES string of the molecule is Cc1cc(-c2ccc(C(F)(F)F)nc2NC(=O)NS(=N)(=O)c2cnn3c2OCC(C)(C)C3)ccn1. The van der Waals surface area contributed by atoms with Crippen LogP contribution in [0.15, 0.2) is 41.6 Å². The Morgan fingerprint density at radius 2 is 2.03 bits per heavy atom. The Morgan fingerprint density at radius 3 is 2.71 bits per heavy atom. The van der Waals surface area contributed by atoms with Crippen LogP contribution >= 0.6 is 0 Å². The standard InChI is InChI=1S/C21H22F3N7O3S/c1-12-8-13(6-7-26-12)14-4-5-16(21(22,23)24)28-17(14)29-19(32)30-35(25,33)15-9-27-31-10-20(2,3)11-34-18(15)31/h4-9H,10-11H2,1-3H3,(H3,25,28,29,30,32,33). The normalized spacial score (nSPS) is 16.5. The summed E-state index contributed by atoms with van der Waals surface area (Å²) in [7, 11) is -3.97. The minimum atomic E-state index is -4.76. The lowest BCUT2D eigenvalue weighted by Crippen LogP contribution is -2.36. The summed E-state index contributed by atoms with van der Waals surface area (Å²) in [6, 6.07) is 3.94. The highest BCUT2D eigenvalue weighted by atomic mass is 32.2. The highest BCUT2D eigenvalue weighted by Crippen LogP contribution is 2.35. The Morgan fingerprint density at radius 1 is 1.29 bits per heavy atom. The minimum Gasteiger partial charge on any atom is -0.476 e. The minimum absolute atomic E-state index is 0.0924. The highest BCUT2D eigenvalue weighted by molar-refractivity contribution is 7.91. The average molecular weight is 510 g/mol. The summed E-state index contributed by atoms with van der Waals surface area (Å²) in [5, 5.41) is 6.29. The van der Waals surface area contributed by atoms with Gasteiger partial charge in [0.25, 0.3) is 0 Å². The number of carbonyl (C=O) groups excluding carboxylic acids is 1. The van der Waals surface area contributed by atoms with Crippen molar-refractivity contribution < 1.29 is 26.9 Å². The lowest BCUT2D eigenvalue weighted by atomic mass is 9.94. The number of anilines is 1. The number of nitrogens with one attached hydrogen (secondary N) is 3. The first-order chi connectivity index (χ1) is 16.2. The molecule has 186 valence electrons. The van der Waals surface area contributed by atoms with E-state index in [1.807, 2.05) is 18.6 Å². The van der Waals surface area contributed by atoms with Crippen LogP contribution in [0.4, 0.5) is 23.8 Å². The number of carbonyl (C=O) groups is 1. The molecule has 1 aliphatic rings. The van der Waals surface area contributed by atoms with Crippen LogP contribution in [0.3, 0.4) is 0 Å². The van der Waals surface area contributed by atoms with Crippen molar-refractivity contribution in [2.75, 3.05) is 11.9 Å². The van der Waals surface area contributed by atoms with E-state index in [0.29, 0.717) is 17.8 Å². The fraction of sp³-hybridized carbons (Fsp3) is 0.333. The van der Waals surface area contributed by atoms with Crippen molar-refractivity contribution in [3.8, 4) is 17.0 Å². The van der Waals surface area contributed by atoms with Gasteiger partial charge in [-0.3, -0.25) is 10.3 Å². The molecule has 0 radical (unpaired) electrons. The van der Waals surface area contributed by atoms with Gasteiger partial charge < -0.3 is 4.74 Å². The lowest BCUT2D eigenvalue weighted by Gasteiger charge is -2.30. The zero-order chi connectivity index (χ0) is 25.6. The van der Waals surface area contributed by atoms with Crippen LogP contribution in [0, 0.1) is 17.1 Å². The van der Waals surface area contributed by atoms with Crippen molar-refractivity contribution in [2.24, 2.45) is 5.41 Å². The Labute approximate surface area is 199 Å². The number of nitrogens with zero attached hydrogens (tertiary/aromatic N) is 4. The summed E-state index contributed by atoms with van der Waals surface area (Å²) >= 11 is 0. The number of halogens is 3. The van der Waals surface area contributed by atoms with Gasteiger partial charge in [-0.2, -0.15) is 18.3 Å². The fourth-order valence-electron chi connectivity index (χ4n) is 3.50. The molecule has 0 saturated heterocycles. The summed E-state index contributed by atoms with van der Waals surface area (Å²) in [5.74, 6) is -0.331. The van der Waals surface area contributed by atoms with Gasteiger partial charge in [0.05, 0.1) is 19.3 Å². The van der Waals surface area contributed by atoms with Crippen molar-refractivity contribution in [1.82, 2.24) is 24.5 Å². The molecular formula is C21H22F3N7O3S. The summed E-state index contributed by atoms with van der Waals surface area (Å²) in [6.07, 6.45) is -2.13. The molecule has 3 aromatic rings. The molecular weight excluding hydrogens is 487 g/mol. The van der Waals surface area contributed by atoms with Crippen molar-refractivity contribution in [3.05, 3.63) is 48.0 Å². The van der Waals surface area contributed by atoms with E-state index < -0.39 is 33.6 Å². The van der Waals surface area contributed by atoms with Crippen LogP contribution in [0.5, 0.6) is 5.88 Å². The maximum absolute atomic E-state index is 13.3. The second-order valence-corrected chi connectivity index (χ2v) is 10.6. The Hall–Kier alpha value is -3.68. The van der Waals surface area contributed by atoms with Crippen LogP contribution in [0.2, 0.25) is 0 Å². The van der Waals surface area contributed by atoms with Crippen LogP contribution in [0.25, 0.3) is 11.1 Å². The Kier molecular flexibility index (Phi) is 5.95. The van der Waals surface area contributed by atoms with Gasteiger partial charge in [-0.25, -0.2) is 28.2 Å². The van der Waals surface area contributed by atoms with Gasteiger partial charge in [-0.15, -0.1) is 0 Å². The maximum atomic E-state index is 13.3. The molecule has 1 atom stereocenters. The molecule has 1 aliphatic heterocycles. The van der Waals surface area contributed by atoms with Gasteiger partial charge in [0.2, 0.25) is 5.88 Å². The Bertz CT molecular complexity index is 1400. The largest absolute Gasteiger partial charge is 0.476 e. The molecule has 0 saturated carbocycles. The first kappa shape index (κ1) is 24.4. The molecule has 0 aromatic carbocycles. The highest BCUT2D eigenvalue weighted by Gasteiger charge is 2.34. The van der Waals surface area contributed by atoms with Gasteiger partial charge in [0, 0.05) is 22.9 Å². The molecule has 0 aliphatic carbocycles. The van der Waals surface area contributed by atoms with Crippen LogP contribution in [-0.4, -0.2) is 36.6 Å². The molecule has 10 nitrogen and oxygen atoms in total. The first-order valence-electron chi connectivity index (χ1n) is 10.3. The smallest absolute Gasteiger partial charge is 0.433 e. The average Bonchev–Trinajstić information content (AvgIpc) is 3.15. The van der Waals surface area contributed by atoms with E-state index in [9.17, 15) is 22.2 Å². The molecule has 3 aromatic heterocycles. The molecule has 1 unspecified atom stereocenters. The zero-order valence-corrected chi connectivity index (χ0v) is 19.8. The number of hydrogen-bond donors (Lipinski definition) is 3. The number of hydrogen-bond acceptors (Lipinski definition) is 7. The quantitative estimate of drug-likeness (QED) is 0.482. The topological polar surface area (TPSA) is 135 Å². The number of aromatic nitrogens is 4. The van der Waals surface area contributed by atoms with Crippen molar-refractivity contribution in [3.63, 3.8) is 0 Å². The van der Waals surface area contributed by atoms with Crippen molar-refractivity contribution >= 4 is 21.8 Å². The third-order valence-corrected chi connectivity index (χ3v) is 6.48. The molecule has 0 bridgehead atoms. The Balaban J connectivity index is 1.63. The molecule has 0 fully saturated rings. The molecule has 14 heteroatoms. The van der Waals surface area contributed by atoms with E-state index in [1.54, 1.807) is 19.1 Å². The zero-order valence-electron chi connectivity index (χ0n) is 18.9. The first-order valence-corrected chi connectivity index (χ1v) is 11.9. The predicted molar refractivity (Wildman–Crippen MR) is 120 cm³/mol. The number of alkyl halides is 3. The van der Waals surface area contributed by atoms with Crippen LogP contribution in [0.1, 0.15) is 25.2 Å². The van der Waals surface area contributed by atoms with E-state index >= 15 is 0 Å². The molecule has 4 heterocycles. The second-order valence-electron chi connectivity index (χ2n) is 8.81. The van der Waals surface area contributed by atoms with E-state index in [1.165, 1.54) is 23.1 Å². The van der Waals surface area contributed by atoms with E-state index in [4.69, 9.17) is 9.52 Å². The number of fused-ring (bicyclic) bond motifs is 1. The molecule has 0 spiro atoms. The fourth-order valence-corrected chi connectivity index (χ4v) is 4.53. The van der Waals surface area contributed by atoms with Crippen LogP contribution < -0.4 is 14.8 Å². The number of rotatable bonds is 4. The van der Waals surface area contributed by atoms with E-state index in [-0.39, 0.29) is 28.4 Å². The van der Waals surface area contributed by atoms with E-state index in [2.05, 4.69) is 20.4 Å². The maximum Gasteiger partial charge on any atom is 0.433 e. The third-order valence-electron chi connectivity index (χ3n) is 5.11. The van der Waals surface area contributed by atoms with E-state index in [0.717, 1.165) is 6.07 Å². The van der Waals surface area contributed by atoms with Crippen molar-refractivity contribution in [1.29, 1.82) is 4.78 Å². The van der Waals surface area contributed by atoms with Gasteiger partial charge >= 0.3 is 12.2 Å². The van der Waals surface area contributed by atoms with Crippen molar-refractivity contribution in [2.45, 2.75) is 38.4 Å². The summed E-state index contributed by atoms with van der Waals surface area (Å²) < 4.78 is 70.2. The number of amides is 2. The summed E-state index contributed by atoms with van der Waals surface area (Å²) in [5.41, 5.74) is -0.219. The molecule has 2 amide bonds. The predicted octanol–water partition coefficient (Wildman–Crippen LogP) is 4.23. The number of pyridine rings is 2.